The molecule has 20 heavy (non-hydrogen) atoms. The van der Waals surface area contributed by atoms with Crippen LogP contribution in [-0.2, 0) is 0 Å². The Balaban J connectivity index is 2.84. The van der Waals surface area contributed by atoms with Crippen LogP contribution in [0.1, 0.15) is 50.4 Å². The number of halogens is 2. The Bertz CT molecular complexity index is 440. The van der Waals surface area contributed by atoms with Gasteiger partial charge in [0.15, 0.2) is 0 Å². The highest BCUT2D eigenvalue weighted by atomic mass is 19.1. The summed E-state index contributed by atoms with van der Waals surface area (Å²) in [4.78, 5) is 11.9. The summed E-state index contributed by atoms with van der Waals surface area (Å²) in [6, 6.07) is 2.11. The van der Waals surface area contributed by atoms with Crippen LogP contribution in [0.2, 0.25) is 0 Å². The molecule has 1 atom stereocenters. The van der Waals surface area contributed by atoms with Crippen LogP contribution in [0, 0.1) is 11.6 Å². The molecule has 2 N–H and O–H groups in total. The minimum absolute atomic E-state index is 0.00463. The third kappa shape index (κ3) is 4.47. The predicted molar refractivity (Wildman–Crippen MR) is 77.0 cm³/mol. The summed E-state index contributed by atoms with van der Waals surface area (Å²) in [5.74, 6) is -1.94. The van der Waals surface area contributed by atoms with Crippen molar-refractivity contribution in [3.8, 4) is 0 Å². The van der Waals surface area contributed by atoms with E-state index in [4.69, 9.17) is 0 Å². The lowest BCUT2D eigenvalue weighted by atomic mass is 10.1. The molecular formula is C15H22F2N2O. The molecule has 0 fully saturated rings. The normalized spacial score (nSPS) is 12.1. The second kappa shape index (κ2) is 7.82. The highest BCUT2D eigenvalue weighted by Gasteiger charge is 2.16. The quantitative estimate of drug-likeness (QED) is 0.801. The fraction of sp³-hybridized carbons (Fsp3) is 0.533. The van der Waals surface area contributed by atoms with Crippen LogP contribution in [0.15, 0.2) is 12.1 Å². The summed E-state index contributed by atoms with van der Waals surface area (Å²) in [6.07, 6.45) is 2.52. The van der Waals surface area contributed by atoms with Crippen molar-refractivity contribution >= 4 is 11.6 Å². The minimum Gasteiger partial charge on any atom is -0.380 e. The number of benzene rings is 1. The lowest BCUT2D eigenvalue weighted by Crippen LogP contribution is -2.32. The molecule has 5 heteroatoms. The molecule has 1 amide bonds. The fourth-order valence-electron chi connectivity index (χ4n) is 1.94. The van der Waals surface area contributed by atoms with E-state index in [1.165, 1.54) is 0 Å². The number of hydrogen-bond acceptors (Lipinski definition) is 2. The van der Waals surface area contributed by atoms with Crippen molar-refractivity contribution in [1.29, 1.82) is 0 Å². The van der Waals surface area contributed by atoms with Gasteiger partial charge in [0.05, 0.1) is 0 Å². The van der Waals surface area contributed by atoms with E-state index in [9.17, 15) is 13.6 Å². The Morgan fingerprint density at radius 3 is 2.30 bits per heavy atom. The van der Waals surface area contributed by atoms with E-state index in [0.717, 1.165) is 31.4 Å². The highest BCUT2D eigenvalue weighted by Crippen LogP contribution is 2.21. The lowest BCUT2D eigenvalue weighted by Gasteiger charge is -2.14. The molecule has 0 bridgehead atoms. The van der Waals surface area contributed by atoms with E-state index in [1.807, 2.05) is 20.8 Å². The van der Waals surface area contributed by atoms with Gasteiger partial charge in [0.1, 0.15) is 17.3 Å². The molecule has 0 aliphatic carbocycles. The zero-order valence-electron chi connectivity index (χ0n) is 12.2. The van der Waals surface area contributed by atoms with Crippen molar-refractivity contribution in [2.45, 2.75) is 46.1 Å². The predicted octanol–water partition coefficient (Wildman–Crippen LogP) is 3.71. The maximum absolute atomic E-state index is 13.8. The average Bonchev–Trinajstić information content (AvgIpc) is 2.37. The number of anilines is 1. The number of rotatable bonds is 7. The van der Waals surface area contributed by atoms with Crippen LogP contribution < -0.4 is 10.6 Å². The molecule has 1 rings (SSSR count). The van der Waals surface area contributed by atoms with Gasteiger partial charge in [-0.1, -0.05) is 20.3 Å². The van der Waals surface area contributed by atoms with Gasteiger partial charge < -0.3 is 10.6 Å². The van der Waals surface area contributed by atoms with Gasteiger partial charge in [-0.05, 0) is 31.9 Å². The fourth-order valence-corrected chi connectivity index (χ4v) is 1.94. The van der Waals surface area contributed by atoms with E-state index in [-0.39, 0.29) is 17.3 Å². The van der Waals surface area contributed by atoms with E-state index in [1.54, 1.807) is 0 Å². The van der Waals surface area contributed by atoms with Crippen molar-refractivity contribution in [3.63, 3.8) is 0 Å². The molecule has 0 radical (unpaired) electrons. The van der Waals surface area contributed by atoms with Crippen molar-refractivity contribution < 1.29 is 13.6 Å². The monoisotopic (exact) mass is 284 g/mol. The third-order valence-corrected chi connectivity index (χ3v) is 2.96. The summed E-state index contributed by atoms with van der Waals surface area (Å²) in [7, 11) is 0. The maximum atomic E-state index is 13.8. The Labute approximate surface area is 118 Å². The van der Waals surface area contributed by atoms with E-state index >= 15 is 0 Å². The first-order valence-corrected chi connectivity index (χ1v) is 7.03. The topological polar surface area (TPSA) is 41.1 Å². The Morgan fingerprint density at radius 2 is 1.80 bits per heavy atom. The van der Waals surface area contributed by atoms with Gasteiger partial charge in [0.25, 0.3) is 5.91 Å². The van der Waals surface area contributed by atoms with E-state index < -0.39 is 17.5 Å². The van der Waals surface area contributed by atoms with Gasteiger partial charge in [-0.3, -0.25) is 4.79 Å². The third-order valence-electron chi connectivity index (χ3n) is 2.96. The molecule has 0 heterocycles. The first-order valence-electron chi connectivity index (χ1n) is 7.03. The Morgan fingerprint density at radius 1 is 1.20 bits per heavy atom. The zero-order valence-corrected chi connectivity index (χ0v) is 12.2. The zero-order chi connectivity index (χ0) is 15.1. The number of carbonyl (C=O) groups is 1. The van der Waals surface area contributed by atoms with Gasteiger partial charge in [-0.15, -0.1) is 0 Å². The van der Waals surface area contributed by atoms with E-state index in [2.05, 4.69) is 10.6 Å². The molecule has 3 nitrogen and oxygen atoms in total. The molecule has 0 aliphatic rings. The van der Waals surface area contributed by atoms with Crippen LogP contribution in [0.4, 0.5) is 14.5 Å². The van der Waals surface area contributed by atoms with Crippen LogP contribution in [0.3, 0.4) is 0 Å². The Kier molecular flexibility index (Phi) is 6.42. The van der Waals surface area contributed by atoms with Crippen molar-refractivity contribution in [2.75, 3.05) is 11.9 Å². The van der Waals surface area contributed by atoms with Crippen LogP contribution in [0.5, 0.6) is 0 Å². The molecular weight excluding hydrogens is 262 g/mol. The van der Waals surface area contributed by atoms with Gasteiger partial charge in [0, 0.05) is 18.2 Å². The molecule has 1 aromatic carbocycles. The maximum Gasteiger partial charge on any atom is 0.251 e. The largest absolute Gasteiger partial charge is 0.380 e. The summed E-state index contributed by atoms with van der Waals surface area (Å²) >= 11 is 0. The summed E-state index contributed by atoms with van der Waals surface area (Å²) in [5, 5.41) is 5.40. The van der Waals surface area contributed by atoms with Gasteiger partial charge in [-0.25, -0.2) is 8.78 Å². The molecule has 0 saturated heterocycles. The van der Waals surface area contributed by atoms with Crippen molar-refractivity contribution in [2.24, 2.45) is 0 Å². The number of hydrogen-bond donors (Lipinski definition) is 2. The molecule has 1 aromatic rings. The SMILES string of the molecule is CCCNc1c(F)cc(C(=O)NC(C)CCC)cc1F. The molecule has 112 valence electrons. The standard InChI is InChI=1S/C15H22F2N2O/c1-4-6-10(3)19-15(20)11-8-12(16)14(13(17)9-11)18-7-5-2/h8-10,18H,4-7H2,1-3H3,(H,19,20). The number of amides is 1. The molecule has 0 aromatic heterocycles. The van der Waals surface area contributed by atoms with Gasteiger partial charge in [0.2, 0.25) is 0 Å². The van der Waals surface area contributed by atoms with Crippen molar-refractivity contribution in [1.82, 2.24) is 5.32 Å². The summed E-state index contributed by atoms with van der Waals surface area (Å²) in [6.45, 7) is 6.26. The summed E-state index contributed by atoms with van der Waals surface area (Å²) < 4.78 is 27.6. The number of nitrogens with one attached hydrogen (secondary N) is 2. The lowest BCUT2D eigenvalue weighted by molar-refractivity contribution is 0.0937. The van der Waals surface area contributed by atoms with Crippen molar-refractivity contribution in [3.05, 3.63) is 29.3 Å². The average molecular weight is 284 g/mol. The second-order valence-electron chi connectivity index (χ2n) is 4.90. The van der Waals surface area contributed by atoms with Gasteiger partial charge >= 0.3 is 0 Å². The van der Waals surface area contributed by atoms with E-state index in [0.29, 0.717) is 6.54 Å². The molecule has 0 saturated carbocycles. The number of carbonyl (C=O) groups excluding carboxylic acids is 1. The molecule has 1 unspecified atom stereocenters. The van der Waals surface area contributed by atoms with Gasteiger partial charge in [-0.2, -0.15) is 0 Å². The first-order chi connectivity index (χ1) is 9.49. The smallest absolute Gasteiger partial charge is 0.251 e. The summed E-state index contributed by atoms with van der Waals surface area (Å²) in [5.41, 5.74) is -0.171. The minimum atomic E-state index is -0.744. The molecule has 0 aliphatic heterocycles. The highest BCUT2D eigenvalue weighted by molar-refractivity contribution is 5.94. The van der Waals surface area contributed by atoms with Crippen LogP contribution >= 0.6 is 0 Å². The van der Waals surface area contributed by atoms with Crippen LogP contribution in [-0.4, -0.2) is 18.5 Å². The molecule has 0 spiro atoms. The Hall–Kier alpha value is -1.65. The second-order valence-corrected chi connectivity index (χ2v) is 4.90. The van der Waals surface area contributed by atoms with Crippen LogP contribution in [0.25, 0.3) is 0 Å². The first kappa shape index (κ1) is 16.4.